The summed E-state index contributed by atoms with van der Waals surface area (Å²) >= 11 is 0. The Kier molecular flexibility index (Phi) is 4.95. The first-order valence-corrected chi connectivity index (χ1v) is 6.46. The van der Waals surface area contributed by atoms with Gasteiger partial charge in [-0.15, -0.1) is 0 Å². The van der Waals surface area contributed by atoms with Crippen molar-refractivity contribution in [2.45, 2.75) is 39.8 Å². The Morgan fingerprint density at radius 3 is 2.42 bits per heavy atom. The summed E-state index contributed by atoms with van der Waals surface area (Å²) in [5, 5.41) is 2.93. The first-order chi connectivity index (χ1) is 8.77. The first-order valence-electron chi connectivity index (χ1n) is 6.46. The minimum Gasteiger partial charge on any atom is -0.496 e. The maximum Gasteiger partial charge on any atom is 0.237 e. The number of amides is 1. The molecular weight excluding hydrogens is 240 g/mol. The highest BCUT2D eigenvalue weighted by Crippen LogP contribution is 2.25. The molecular formula is C15H24N2O2. The summed E-state index contributed by atoms with van der Waals surface area (Å²) in [7, 11) is 1.62. The Morgan fingerprint density at radius 1 is 1.32 bits per heavy atom. The first kappa shape index (κ1) is 15.5. The summed E-state index contributed by atoms with van der Waals surface area (Å²) in [5.41, 5.74) is 6.63. The van der Waals surface area contributed by atoms with Crippen LogP contribution in [0.2, 0.25) is 0 Å². The average molecular weight is 264 g/mol. The molecule has 106 valence electrons. The molecule has 0 spiro atoms. The van der Waals surface area contributed by atoms with E-state index in [1.807, 2.05) is 52.0 Å². The normalized spacial score (nSPS) is 14.6. The second kappa shape index (κ2) is 6.06. The zero-order valence-corrected chi connectivity index (χ0v) is 12.4. The predicted molar refractivity (Wildman–Crippen MR) is 77.0 cm³/mol. The number of hydrogen-bond donors (Lipinski definition) is 2. The van der Waals surface area contributed by atoms with Crippen LogP contribution in [-0.2, 0) is 4.79 Å². The molecule has 0 aliphatic heterocycles. The number of rotatable bonds is 4. The van der Waals surface area contributed by atoms with Crippen LogP contribution in [0, 0.1) is 5.41 Å². The lowest BCUT2D eigenvalue weighted by Gasteiger charge is -2.27. The van der Waals surface area contributed by atoms with Crippen LogP contribution in [0.3, 0.4) is 0 Å². The summed E-state index contributed by atoms with van der Waals surface area (Å²) in [6.07, 6.45) is 0. The fraction of sp³-hybridized carbons (Fsp3) is 0.533. The summed E-state index contributed by atoms with van der Waals surface area (Å²) < 4.78 is 5.29. The van der Waals surface area contributed by atoms with Crippen LogP contribution < -0.4 is 15.8 Å². The largest absolute Gasteiger partial charge is 0.496 e. The van der Waals surface area contributed by atoms with Crippen LogP contribution in [0.5, 0.6) is 5.75 Å². The van der Waals surface area contributed by atoms with E-state index < -0.39 is 6.04 Å². The number of hydrogen-bond acceptors (Lipinski definition) is 3. The molecule has 2 unspecified atom stereocenters. The van der Waals surface area contributed by atoms with Crippen molar-refractivity contribution < 1.29 is 9.53 Å². The van der Waals surface area contributed by atoms with E-state index in [0.29, 0.717) is 0 Å². The number of carbonyl (C=O) groups excluding carboxylic acids is 1. The monoisotopic (exact) mass is 264 g/mol. The molecule has 0 heterocycles. The van der Waals surface area contributed by atoms with E-state index in [1.54, 1.807) is 7.11 Å². The highest BCUT2D eigenvalue weighted by atomic mass is 16.5. The standard InChI is InChI=1S/C15H24N2O2/c1-10(11-8-6-7-9-12(11)19-5)17-14(18)13(16)15(2,3)4/h6-10,13H,16H2,1-5H3,(H,17,18). The highest BCUT2D eigenvalue weighted by molar-refractivity contribution is 5.82. The molecule has 1 amide bonds. The molecule has 0 radical (unpaired) electrons. The lowest BCUT2D eigenvalue weighted by molar-refractivity contribution is -0.125. The molecule has 1 rings (SSSR count). The Labute approximate surface area is 115 Å². The molecule has 0 bridgehead atoms. The molecule has 0 fully saturated rings. The number of nitrogens with two attached hydrogens (primary N) is 1. The van der Waals surface area contributed by atoms with Crippen molar-refractivity contribution in [3.8, 4) is 5.75 Å². The summed E-state index contributed by atoms with van der Waals surface area (Å²) in [6.45, 7) is 7.77. The van der Waals surface area contributed by atoms with Crippen LogP contribution in [-0.4, -0.2) is 19.1 Å². The van der Waals surface area contributed by atoms with Gasteiger partial charge in [0.25, 0.3) is 0 Å². The van der Waals surface area contributed by atoms with E-state index in [4.69, 9.17) is 10.5 Å². The Morgan fingerprint density at radius 2 is 1.89 bits per heavy atom. The van der Waals surface area contributed by atoms with Gasteiger partial charge in [0.2, 0.25) is 5.91 Å². The topological polar surface area (TPSA) is 64.3 Å². The maximum atomic E-state index is 12.1. The lowest BCUT2D eigenvalue weighted by Crippen LogP contribution is -2.49. The Balaban J connectivity index is 2.80. The third kappa shape index (κ3) is 3.96. The smallest absolute Gasteiger partial charge is 0.237 e. The molecule has 0 aromatic heterocycles. The van der Waals surface area contributed by atoms with Gasteiger partial charge >= 0.3 is 0 Å². The fourth-order valence-corrected chi connectivity index (χ4v) is 1.80. The van der Waals surface area contributed by atoms with Crippen molar-refractivity contribution in [3.05, 3.63) is 29.8 Å². The van der Waals surface area contributed by atoms with E-state index in [2.05, 4.69) is 5.32 Å². The molecule has 1 aromatic carbocycles. The number of benzene rings is 1. The third-order valence-electron chi connectivity index (χ3n) is 3.18. The van der Waals surface area contributed by atoms with Crippen LogP contribution in [0.4, 0.5) is 0 Å². The van der Waals surface area contributed by atoms with Gasteiger partial charge in [-0.1, -0.05) is 39.0 Å². The van der Waals surface area contributed by atoms with E-state index in [9.17, 15) is 4.79 Å². The number of ether oxygens (including phenoxy) is 1. The van der Waals surface area contributed by atoms with Gasteiger partial charge in [0.05, 0.1) is 19.2 Å². The van der Waals surface area contributed by atoms with Crippen LogP contribution in [0.1, 0.15) is 39.3 Å². The Hall–Kier alpha value is -1.55. The van der Waals surface area contributed by atoms with Crippen molar-refractivity contribution >= 4 is 5.91 Å². The van der Waals surface area contributed by atoms with E-state index in [1.165, 1.54) is 0 Å². The molecule has 2 atom stereocenters. The number of carbonyl (C=O) groups is 1. The highest BCUT2D eigenvalue weighted by Gasteiger charge is 2.28. The van der Waals surface area contributed by atoms with Crippen LogP contribution in [0.15, 0.2) is 24.3 Å². The van der Waals surface area contributed by atoms with Gasteiger partial charge in [0.1, 0.15) is 5.75 Å². The van der Waals surface area contributed by atoms with Crippen molar-refractivity contribution in [2.75, 3.05) is 7.11 Å². The SMILES string of the molecule is COc1ccccc1C(C)NC(=O)C(N)C(C)(C)C. The van der Waals surface area contributed by atoms with Crippen molar-refractivity contribution in [2.24, 2.45) is 11.1 Å². The Bertz CT molecular complexity index is 438. The number of methoxy groups -OCH3 is 1. The number of nitrogens with one attached hydrogen (secondary N) is 1. The fourth-order valence-electron chi connectivity index (χ4n) is 1.80. The second-order valence-electron chi connectivity index (χ2n) is 5.82. The van der Waals surface area contributed by atoms with E-state index >= 15 is 0 Å². The van der Waals surface area contributed by atoms with Gasteiger partial charge in [-0.2, -0.15) is 0 Å². The maximum absolute atomic E-state index is 12.1. The molecule has 0 aliphatic rings. The zero-order valence-electron chi connectivity index (χ0n) is 12.4. The molecule has 0 saturated heterocycles. The zero-order chi connectivity index (χ0) is 14.6. The van der Waals surface area contributed by atoms with Gasteiger partial charge in [-0.25, -0.2) is 0 Å². The van der Waals surface area contributed by atoms with Gasteiger partial charge in [-0.3, -0.25) is 4.79 Å². The van der Waals surface area contributed by atoms with E-state index in [0.717, 1.165) is 11.3 Å². The van der Waals surface area contributed by atoms with Crippen LogP contribution in [0.25, 0.3) is 0 Å². The molecule has 3 N–H and O–H groups in total. The minimum absolute atomic E-state index is 0.142. The lowest BCUT2D eigenvalue weighted by atomic mass is 9.86. The van der Waals surface area contributed by atoms with Gasteiger partial charge < -0.3 is 15.8 Å². The predicted octanol–water partition coefficient (Wildman–Crippen LogP) is 2.25. The average Bonchev–Trinajstić information content (AvgIpc) is 2.36. The quantitative estimate of drug-likeness (QED) is 0.876. The van der Waals surface area contributed by atoms with Crippen molar-refractivity contribution in [1.82, 2.24) is 5.32 Å². The molecule has 4 nitrogen and oxygen atoms in total. The summed E-state index contributed by atoms with van der Waals surface area (Å²) in [4.78, 5) is 12.1. The van der Waals surface area contributed by atoms with Crippen molar-refractivity contribution in [1.29, 1.82) is 0 Å². The summed E-state index contributed by atoms with van der Waals surface area (Å²) in [6, 6.07) is 6.96. The second-order valence-corrected chi connectivity index (χ2v) is 5.82. The minimum atomic E-state index is -0.537. The van der Waals surface area contributed by atoms with E-state index in [-0.39, 0.29) is 17.4 Å². The summed E-state index contributed by atoms with van der Waals surface area (Å²) in [5.74, 6) is 0.616. The molecule has 4 heteroatoms. The molecule has 0 saturated carbocycles. The third-order valence-corrected chi connectivity index (χ3v) is 3.18. The van der Waals surface area contributed by atoms with Crippen molar-refractivity contribution in [3.63, 3.8) is 0 Å². The van der Waals surface area contributed by atoms with Gasteiger partial charge in [0, 0.05) is 5.56 Å². The molecule has 19 heavy (non-hydrogen) atoms. The van der Waals surface area contributed by atoms with Gasteiger partial charge in [0.15, 0.2) is 0 Å². The molecule has 1 aromatic rings. The molecule has 0 aliphatic carbocycles. The number of para-hydroxylation sites is 1. The van der Waals surface area contributed by atoms with Crippen LogP contribution >= 0.6 is 0 Å². The van der Waals surface area contributed by atoms with Gasteiger partial charge in [-0.05, 0) is 18.4 Å².